The Bertz CT molecular complexity index is 747. The molecule has 1 unspecified atom stereocenters. The van der Waals surface area contributed by atoms with Crippen molar-refractivity contribution in [1.29, 1.82) is 0 Å². The van der Waals surface area contributed by atoms with E-state index in [4.69, 9.17) is 9.47 Å². The third kappa shape index (κ3) is 4.17. The van der Waals surface area contributed by atoms with E-state index in [1.807, 2.05) is 22.9 Å². The van der Waals surface area contributed by atoms with Crippen molar-refractivity contribution in [2.24, 2.45) is 0 Å². The Morgan fingerprint density at radius 3 is 2.59 bits per heavy atom. The summed E-state index contributed by atoms with van der Waals surface area (Å²) in [6.07, 6.45) is 0.994. The van der Waals surface area contributed by atoms with Crippen LogP contribution in [0.4, 0.5) is 0 Å². The molecule has 3 heterocycles. The molecule has 0 N–H and O–H groups in total. The Balaban J connectivity index is 0.00000210. The summed E-state index contributed by atoms with van der Waals surface area (Å²) in [4.78, 5) is 4.99. The van der Waals surface area contributed by atoms with Crippen LogP contribution in [0.3, 0.4) is 0 Å². The molecule has 0 aliphatic carbocycles. The van der Waals surface area contributed by atoms with E-state index in [0.717, 1.165) is 62.0 Å². The van der Waals surface area contributed by atoms with E-state index in [1.54, 1.807) is 0 Å². The zero-order valence-electron chi connectivity index (χ0n) is 15.8. The van der Waals surface area contributed by atoms with Crippen LogP contribution < -0.4 is 21.9 Å². The van der Waals surface area contributed by atoms with E-state index in [9.17, 15) is 0 Å². The van der Waals surface area contributed by atoms with Crippen LogP contribution in [-0.2, 0) is 6.54 Å². The molecule has 1 aromatic carbocycles. The number of hydrogen-bond donors (Lipinski definition) is 0. The summed E-state index contributed by atoms with van der Waals surface area (Å²) >= 11 is 0. The normalized spacial score (nSPS) is 18.3. The maximum absolute atomic E-state index is 5.48. The van der Waals surface area contributed by atoms with Crippen molar-refractivity contribution in [1.82, 2.24) is 30.0 Å². The highest BCUT2D eigenvalue weighted by Gasteiger charge is 2.27. The summed E-state index contributed by atoms with van der Waals surface area (Å²) in [5.74, 6) is 2.53. The average Bonchev–Trinajstić information content (AvgIpc) is 3.32. The lowest BCUT2D eigenvalue weighted by Crippen LogP contribution is -3.00. The first-order valence-corrected chi connectivity index (χ1v) is 9.39. The molecule has 1 saturated heterocycles. The number of piperazine rings is 1. The van der Waals surface area contributed by atoms with Gasteiger partial charge in [0, 0.05) is 26.2 Å². The SMILES string of the molecule is CCC(c1nnnn1Cc1ccc2c(c1)OCO2)N1CCN(CC)CC1.[Cl-]. The summed E-state index contributed by atoms with van der Waals surface area (Å²) < 4.78 is 12.8. The van der Waals surface area contributed by atoms with Crippen LogP contribution in [0.5, 0.6) is 11.5 Å². The topological polar surface area (TPSA) is 68.5 Å². The van der Waals surface area contributed by atoms with E-state index in [1.165, 1.54) is 0 Å². The molecule has 2 aliphatic heterocycles. The maximum Gasteiger partial charge on any atom is 0.231 e. The predicted molar refractivity (Wildman–Crippen MR) is 96.2 cm³/mol. The summed E-state index contributed by atoms with van der Waals surface area (Å²) in [5, 5.41) is 12.6. The van der Waals surface area contributed by atoms with E-state index in [-0.39, 0.29) is 25.2 Å². The minimum absolute atomic E-state index is 0. The summed E-state index contributed by atoms with van der Waals surface area (Å²) in [5.41, 5.74) is 1.11. The highest BCUT2D eigenvalue weighted by atomic mass is 35.5. The number of rotatable bonds is 6. The van der Waals surface area contributed by atoms with Crippen molar-refractivity contribution >= 4 is 0 Å². The minimum atomic E-state index is 0. The minimum Gasteiger partial charge on any atom is -1.00 e. The van der Waals surface area contributed by atoms with Gasteiger partial charge in [-0.2, -0.15) is 0 Å². The third-order valence-electron chi connectivity index (χ3n) is 5.31. The van der Waals surface area contributed by atoms with Gasteiger partial charge in [0.2, 0.25) is 6.79 Å². The van der Waals surface area contributed by atoms with Gasteiger partial charge in [-0.05, 0) is 41.1 Å². The van der Waals surface area contributed by atoms with Crippen LogP contribution in [0.25, 0.3) is 0 Å². The zero-order valence-corrected chi connectivity index (χ0v) is 16.6. The van der Waals surface area contributed by atoms with Gasteiger partial charge in [0.25, 0.3) is 0 Å². The molecule has 2 aliphatic rings. The molecule has 0 amide bonds. The fraction of sp³-hybridized carbons (Fsp3) is 0.611. The number of likely N-dealkylation sites (N-methyl/N-ethyl adjacent to an activating group) is 1. The van der Waals surface area contributed by atoms with Gasteiger partial charge in [0.05, 0.1) is 12.6 Å². The van der Waals surface area contributed by atoms with Crippen LogP contribution in [0.2, 0.25) is 0 Å². The summed E-state index contributed by atoms with van der Waals surface area (Å²) in [6.45, 7) is 10.8. The molecule has 148 valence electrons. The molecule has 0 saturated carbocycles. The van der Waals surface area contributed by atoms with Gasteiger partial charge >= 0.3 is 0 Å². The average molecular weight is 394 g/mol. The smallest absolute Gasteiger partial charge is 0.231 e. The lowest BCUT2D eigenvalue weighted by atomic mass is 10.1. The highest BCUT2D eigenvalue weighted by molar-refractivity contribution is 5.44. The third-order valence-corrected chi connectivity index (χ3v) is 5.31. The maximum atomic E-state index is 5.48. The van der Waals surface area contributed by atoms with Crippen molar-refractivity contribution < 1.29 is 21.9 Å². The number of nitrogens with zero attached hydrogens (tertiary/aromatic N) is 6. The first-order valence-electron chi connectivity index (χ1n) is 9.39. The van der Waals surface area contributed by atoms with Crippen molar-refractivity contribution in [3.63, 3.8) is 0 Å². The van der Waals surface area contributed by atoms with Crippen molar-refractivity contribution in [2.75, 3.05) is 39.5 Å². The Kier molecular flexibility index (Phi) is 6.51. The molecule has 1 fully saturated rings. The van der Waals surface area contributed by atoms with Crippen LogP contribution in [-0.4, -0.2) is 69.5 Å². The number of benzene rings is 1. The van der Waals surface area contributed by atoms with Crippen LogP contribution in [0, 0.1) is 0 Å². The lowest BCUT2D eigenvalue weighted by molar-refractivity contribution is -0.00000716. The van der Waals surface area contributed by atoms with Gasteiger partial charge in [-0.25, -0.2) is 4.68 Å². The van der Waals surface area contributed by atoms with Crippen molar-refractivity contribution in [2.45, 2.75) is 32.9 Å². The summed E-state index contributed by atoms with van der Waals surface area (Å²) in [6, 6.07) is 6.25. The fourth-order valence-electron chi connectivity index (χ4n) is 3.77. The molecular formula is C18H26ClN6O2-. The Labute approximate surface area is 165 Å². The van der Waals surface area contributed by atoms with Crippen molar-refractivity contribution in [3.05, 3.63) is 29.6 Å². The fourth-order valence-corrected chi connectivity index (χ4v) is 3.77. The summed E-state index contributed by atoms with van der Waals surface area (Å²) in [7, 11) is 0. The van der Waals surface area contributed by atoms with E-state index in [2.05, 4.69) is 39.2 Å². The van der Waals surface area contributed by atoms with Crippen LogP contribution >= 0.6 is 0 Å². The van der Waals surface area contributed by atoms with Crippen LogP contribution in [0.15, 0.2) is 18.2 Å². The first kappa shape index (κ1) is 19.9. The molecule has 8 nitrogen and oxygen atoms in total. The zero-order chi connectivity index (χ0) is 17.9. The second-order valence-corrected chi connectivity index (χ2v) is 6.78. The molecule has 2 aromatic rings. The van der Waals surface area contributed by atoms with Gasteiger partial charge in [0.15, 0.2) is 17.3 Å². The lowest BCUT2D eigenvalue weighted by Gasteiger charge is -2.38. The molecule has 27 heavy (non-hydrogen) atoms. The van der Waals surface area contributed by atoms with Gasteiger partial charge in [0.1, 0.15) is 0 Å². The predicted octanol–water partition coefficient (Wildman–Crippen LogP) is -1.46. The van der Waals surface area contributed by atoms with E-state index < -0.39 is 0 Å². The van der Waals surface area contributed by atoms with Crippen molar-refractivity contribution in [3.8, 4) is 11.5 Å². The molecule has 0 spiro atoms. The van der Waals surface area contributed by atoms with Gasteiger partial charge in [-0.15, -0.1) is 5.10 Å². The molecule has 1 aromatic heterocycles. The quantitative estimate of drug-likeness (QED) is 0.594. The van der Waals surface area contributed by atoms with Gasteiger partial charge < -0.3 is 26.8 Å². The molecule has 0 bridgehead atoms. The van der Waals surface area contributed by atoms with E-state index >= 15 is 0 Å². The number of halogens is 1. The number of fused-ring (bicyclic) bond motifs is 1. The van der Waals surface area contributed by atoms with Gasteiger partial charge in [-0.3, -0.25) is 4.90 Å². The second-order valence-electron chi connectivity index (χ2n) is 6.78. The number of tetrazole rings is 1. The standard InChI is InChI=1S/C18H26N6O2.ClH/c1-3-15(23-9-7-22(4-2)8-10-23)18-19-20-21-24(18)12-14-5-6-16-17(11-14)26-13-25-16;/h5-6,11,15H,3-4,7-10,12-13H2,1-2H3;1H/p-1. The Hall–Kier alpha value is -1.90. The molecule has 9 heteroatoms. The second kappa shape index (κ2) is 8.86. The molecular weight excluding hydrogens is 368 g/mol. The number of ether oxygens (including phenoxy) is 2. The first-order chi connectivity index (χ1) is 12.8. The van der Waals surface area contributed by atoms with Gasteiger partial charge in [-0.1, -0.05) is 19.9 Å². The molecule has 0 radical (unpaired) electrons. The van der Waals surface area contributed by atoms with E-state index in [0.29, 0.717) is 6.54 Å². The molecule has 4 rings (SSSR count). The largest absolute Gasteiger partial charge is 1.00 e. The number of aromatic nitrogens is 4. The highest BCUT2D eigenvalue weighted by Crippen LogP contribution is 2.33. The van der Waals surface area contributed by atoms with Crippen LogP contribution in [0.1, 0.15) is 37.7 Å². The number of hydrogen-bond acceptors (Lipinski definition) is 7. The molecule has 1 atom stereocenters. The monoisotopic (exact) mass is 393 g/mol. The Morgan fingerprint density at radius 1 is 1.07 bits per heavy atom. The Morgan fingerprint density at radius 2 is 1.85 bits per heavy atom.